The molecular formula is C18H15FN2O4. The fraction of sp³-hybridized carbons (Fsp3) is 0.222. The maximum absolute atomic E-state index is 13.5. The molecule has 1 atom stereocenters. The summed E-state index contributed by atoms with van der Waals surface area (Å²) < 4.78 is 30.4. The average Bonchev–Trinajstić information content (AvgIpc) is 3.07. The lowest BCUT2D eigenvalue weighted by Crippen LogP contribution is -2.25. The summed E-state index contributed by atoms with van der Waals surface area (Å²) in [5.41, 5.74) is 1.15. The van der Waals surface area contributed by atoms with Crippen LogP contribution in [0.15, 0.2) is 47.6 Å². The highest BCUT2D eigenvalue weighted by Crippen LogP contribution is 2.34. The predicted octanol–water partition coefficient (Wildman–Crippen LogP) is 2.84. The van der Waals surface area contributed by atoms with Gasteiger partial charge < -0.3 is 14.2 Å². The number of hydrogen-bond acceptors (Lipinski definition) is 5. The molecule has 2 aliphatic rings. The minimum absolute atomic E-state index is 0.265. The third-order valence-electron chi connectivity index (χ3n) is 3.89. The Labute approximate surface area is 143 Å². The highest BCUT2D eigenvalue weighted by Gasteiger charge is 2.33. The highest BCUT2D eigenvalue weighted by molar-refractivity contribution is 5.97. The minimum atomic E-state index is -0.809. The Balaban J connectivity index is 1.67. The standard InChI is InChI=1S/C18H15FN2O4/c1-11(22)21-18(13-3-2-4-14(19)9-13)25-17(20-21)12-5-6-15-16(10-12)24-8-7-23-15/h2-6,9-10,18H,7-8H2,1H3. The van der Waals surface area contributed by atoms with Crippen LogP contribution in [0, 0.1) is 5.82 Å². The maximum atomic E-state index is 13.5. The van der Waals surface area contributed by atoms with E-state index in [-0.39, 0.29) is 11.8 Å². The zero-order valence-electron chi connectivity index (χ0n) is 13.4. The molecule has 7 heteroatoms. The van der Waals surface area contributed by atoms with Crippen molar-refractivity contribution in [2.24, 2.45) is 5.10 Å². The Bertz CT molecular complexity index is 868. The van der Waals surface area contributed by atoms with Gasteiger partial charge in [0.2, 0.25) is 18.0 Å². The summed E-state index contributed by atoms with van der Waals surface area (Å²) in [7, 11) is 0. The quantitative estimate of drug-likeness (QED) is 0.842. The lowest BCUT2D eigenvalue weighted by atomic mass is 10.1. The van der Waals surface area contributed by atoms with Gasteiger partial charge in [-0.25, -0.2) is 4.39 Å². The van der Waals surface area contributed by atoms with Crippen molar-refractivity contribution in [2.45, 2.75) is 13.2 Å². The van der Waals surface area contributed by atoms with Crippen LogP contribution in [-0.4, -0.2) is 30.0 Å². The smallest absolute Gasteiger partial charge is 0.243 e. The van der Waals surface area contributed by atoms with Crippen molar-refractivity contribution in [3.8, 4) is 11.5 Å². The number of benzene rings is 2. The monoisotopic (exact) mass is 342 g/mol. The summed E-state index contributed by atoms with van der Waals surface area (Å²) in [5, 5.41) is 5.45. The molecule has 0 N–H and O–H groups in total. The van der Waals surface area contributed by atoms with E-state index in [4.69, 9.17) is 14.2 Å². The number of halogens is 1. The average molecular weight is 342 g/mol. The Morgan fingerprint density at radius 3 is 2.72 bits per heavy atom. The van der Waals surface area contributed by atoms with Crippen molar-refractivity contribution < 1.29 is 23.4 Å². The van der Waals surface area contributed by atoms with E-state index in [1.165, 1.54) is 24.1 Å². The molecule has 2 heterocycles. The van der Waals surface area contributed by atoms with E-state index in [0.29, 0.717) is 35.8 Å². The highest BCUT2D eigenvalue weighted by atomic mass is 19.1. The summed E-state index contributed by atoms with van der Waals surface area (Å²) in [4.78, 5) is 11.9. The van der Waals surface area contributed by atoms with E-state index < -0.39 is 12.0 Å². The first-order chi connectivity index (χ1) is 12.1. The lowest BCUT2D eigenvalue weighted by molar-refractivity contribution is -0.135. The molecule has 4 rings (SSSR count). The Hall–Kier alpha value is -3.09. The summed E-state index contributed by atoms with van der Waals surface area (Å²) in [5.74, 6) is 0.804. The van der Waals surface area contributed by atoms with Gasteiger partial charge in [0, 0.05) is 18.1 Å². The molecule has 0 spiro atoms. The number of fused-ring (bicyclic) bond motifs is 1. The molecule has 0 saturated heterocycles. The molecule has 2 aromatic rings. The maximum Gasteiger partial charge on any atom is 0.243 e. The molecule has 0 saturated carbocycles. The van der Waals surface area contributed by atoms with E-state index in [2.05, 4.69) is 5.10 Å². The summed E-state index contributed by atoms with van der Waals surface area (Å²) in [6.07, 6.45) is -0.809. The second-order valence-electron chi connectivity index (χ2n) is 5.65. The molecule has 2 aromatic carbocycles. The molecule has 2 aliphatic heterocycles. The van der Waals surface area contributed by atoms with Crippen molar-refractivity contribution in [1.82, 2.24) is 5.01 Å². The van der Waals surface area contributed by atoms with E-state index in [1.54, 1.807) is 30.3 Å². The van der Waals surface area contributed by atoms with Crippen LogP contribution < -0.4 is 9.47 Å². The van der Waals surface area contributed by atoms with Gasteiger partial charge in [0.15, 0.2) is 11.5 Å². The minimum Gasteiger partial charge on any atom is -0.486 e. The van der Waals surface area contributed by atoms with Crippen LogP contribution >= 0.6 is 0 Å². The van der Waals surface area contributed by atoms with Crippen molar-refractivity contribution in [3.05, 3.63) is 59.4 Å². The Morgan fingerprint density at radius 1 is 1.16 bits per heavy atom. The Morgan fingerprint density at radius 2 is 1.96 bits per heavy atom. The van der Waals surface area contributed by atoms with Gasteiger partial charge in [-0.15, -0.1) is 5.10 Å². The first-order valence-corrected chi connectivity index (χ1v) is 7.82. The predicted molar refractivity (Wildman–Crippen MR) is 86.7 cm³/mol. The van der Waals surface area contributed by atoms with E-state index in [0.717, 1.165) is 0 Å². The van der Waals surface area contributed by atoms with Gasteiger partial charge >= 0.3 is 0 Å². The molecule has 6 nitrogen and oxygen atoms in total. The van der Waals surface area contributed by atoms with E-state index in [9.17, 15) is 9.18 Å². The Kier molecular flexibility index (Phi) is 3.76. The SMILES string of the molecule is CC(=O)N1N=C(c2ccc3c(c2)OCCO3)OC1c1cccc(F)c1. The van der Waals surface area contributed by atoms with Crippen LogP contribution in [0.25, 0.3) is 0 Å². The number of ether oxygens (including phenoxy) is 3. The second kappa shape index (κ2) is 6.08. The van der Waals surface area contributed by atoms with Crippen molar-refractivity contribution in [2.75, 3.05) is 13.2 Å². The molecule has 0 fully saturated rings. The van der Waals surface area contributed by atoms with Crippen LogP contribution in [0.1, 0.15) is 24.3 Å². The van der Waals surface area contributed by atoms with Gasteiger partial charge in [-0.2, -0.15) is 5.01 Å². The molecule has 0 bridgehead atoms. The number of rotatable bonds is 2. The largest absolute Gasteiger partial charge is 0.486 e. The molecular weight excluding hydrogens is 327 g/mol. The van der Waals surface area contributed by atoms with E-state index >= 15 is 0 Å². The van der Waals surface area contributed by atoms with Crippen molar-refractivity contribution in [1.29, 1.82) is 0 Å². The number of nitrogens with zero attached hydrogens (tertiary/aromatic N) is 2. The van der Waals surface area contributed by atoms with Crippen LogP contribution in [0.4, 0.5) is 4.39 Å². The molecule has 0 aliphatic carbocycles. The number of carbonyl (C=O) groups is 1. The van der Waals surface area contributed by atoms with Crippen molar-refractivity contribution in [3.63, 3.8) is 0 Å². The molecule has 25 heavy (non-hydrogen) atoms. The number of amides is 1. The fourth-order valence-corrected chi connectivity index (χ4v) is 2.74. The summed E-state index contributed by atoms with van der Waals surface area (Å²) in [6.45, 7) is 2.35. The van der Waals surface area contributed by atoms with E-state index in [1.807, 2.05) is 0 Å². The van der Waals surface area contributed by atoms with Gasteiger partial charge in [0.05, 0.1) is 0 Å². The molecule has 1 amide bonds. The zero-order valence-corrected chi connectivity index (χ0v) is 13.4. The van der Waals surface area contributed by atoms with Crippen LogP contribution in [0.5, 0.6) is 11.5 Å². The van der Waals surface area contributed by atoms with Gasteiger partial charge in [-0.3, -0.25) is 4.79 Å². The number of hydrogen-bond donors (Lipinski definition) is 0. The van der Waals surface area contributed by atoms with Crippen LogP contribution in [0.3, 0.4) is 0 Å². The lowest BCUT2D eigenvalue weighted by Gasteiger charge is -2.20. The van der Waals surface area contributed by atoms with Gasteiger partial charge in [-0.1, -0.05) is 12.1 Å². The normalized spacial score (nSPS) is 18.6. The second-order valence-corrected chi connectivity index (χ2v) is 5.65. The zero-order chi connectivity index (χ0) is 17.4. The molecule has 1 unspecified atom stereocenters. The molecule has 0 radical (unpaired) electrons. The van der Waals surface area contributed by atoms with Gasteiger partial charge in [0.25, 0.3) is 0 Å². The topological polar surface area (TPSA) is 60.4 Å². The fourth-order valence-electron chi connectivity index (χ4n) is 2.74. The molecule has 0 aromatic heterocycles. The summed E-state index contributed by atoms with van der Waals surface area (Å²) in [6, 6.07) is 11.2. The molecule has 128 valence electrons. The number of hydrazone groups is 1. The van der Waals surface area contributed by atoms with Crippen LogP contribution in [-0.2, 0) is 9.53 Å². The van der Waals surface area contributed by atoms with Crippen molar-refractivity contribution >= 4 is 11.8 Å². The third-order valence-corrected chi connectivity index (χ3v) is 3.89. The third kappa shape index (κ3) is 2.88. The van der Waals surface area contributed by atoms with Gasteiger partial charge in [0.1, 0.15) is 19.0 Å². The van der Waals surface area contributed by atoms with Crippen LogP contribution in [0.2, 0.25) is 0 Å². The number of carbonyl (C=O) groups excluding carboxylic acids is 1. The first kappa shape index (κ1) is 15.4. The first-order valence-electron chi connectivity index (χ1n) is 7.82. The van der Waals surface area contributed by atoms with Gasteiger partial charge in [-0.05, 0) is 30.3 Å². The summed E-state index contributed by atoms with van der Waals surface area (Å²) >= 11 is 0.